The van der Waals surface area contributed by atoms with Crippen molar-refractivity contribution in [3.05, 3.63) is 98.8 Å². The number of benzene rings is 2. The molecule has 256 valence electrons. The zero-order valence-corrected chi connectivity index (χ0v) is 27.0. The Labute approximate surface area is 272 Å². The van der Waals surface area contributed by atoms with E-state index in [1.54, 1.807) is 37.3 Å². The minimum Gasteiger partial charge on any atom is -0.498 e. The van der Waals surface area contributed by atoms with Gasteiger partial charge in [0.1, 0.15) is 17.1 Å². The Morgan fingerprint density at radius 1 is 1.04 bits per heavy atom. The van der Waals surface area contributed by atoms with Crippen molar-refractivity contribution in [2.75, 3.05) is 7.11 Å². The van der Waals surface area contributed by atoms with Crippen LogP contribution in [0.15, 0.2) is 54.1 Å². The van der Waals surface area contributed by atoms with Crippen molar-refractivity contribution < 1.29 is 40.3 Å². The number of ether oxygens (including phenoxy) is 1. The highest BCUT2D eigenvalue weighted by molar-refractivity contribution is 5.90. The van der Waals surface area contributed by atoms with E-state index in [9.17, 15) is 31.1 Å². The van der Waals surface area contributed by atoms with Crippen molar-refractivity contribution in [1.29, 1.82) is 0 Å². The summed E-state index contributed by atoms with van der Waals surface area (Å²) in [6.07, 6.45) is -8.18. The van der Waals surface area contributed by atoms with Crippen LogP contribution in [0.5, 0.6) is 0 Å². The van der Waals surface area contributed by atoms with E-state index in [1.807, 2.05) is 25.1 Å². The number of urea groups is 1. The number of para-hydroxylation sites is 1. The Kier molecular flexibility index (Phi) is 7.40. The highest BCUT2D eigenvalue weighted by Crippen LogP contribution is 2.59. The third-order valence-corrected chi connectivity index (χ3v) is 9.94. The van der Waals surface area contributed by atoms with E-state index < -0.39 is 51.8 Å². The normalized spacial score (nSPS) is 23.2. The first-order valence-electron chi connectivity index (χ1n) is 15.2. The molecule has 3 aromatic rings. The SMILES string of the molecule is CCc1cccc2c1-n1nc3c(c1C1(C)C(F)=CC(C)(NC(N)=O)C(OC)=C21)CN(Cc1ccc(C(F)(F)F)cc1C(F)(F)F)C3(C)C. The zero-order valence-electron chi connectivity index (χ0n) is 27.0. The number of primary amides is 1. The highest BCUT2D eigenvalue weighted by Gasteiger charge is 2.57. The molecule has 48 heavy (non-hydrogen) atoms. The van der Waals surface area contributed by atoms with Gasteiger partial charge < -0.3 is 15.8 Å². The predicted molar refractivity (Wildman–Crippen MR) is 163 cm³/mol. The van der Waals surface area contributed by atoms with Gasteiger partial charge in [-0.2, -0.15) is 31.4 Å². The largest absolute Gasteiger partial charge is 0.498 e. The second kappa shape index (κ2) is 10.6. The standard InChI is InChI=1S/C34H34F7N5O2/c1-7-17-9-8-10-20-24-28(48-6)31(4,43-29(42)47)14-23(35)32(24,5)27-21-16-45(30(2,3)26(21)44-46(27)25(17)20)15-18-11-12-19(33(36,37)38)13-22(18)34(39,40)41/h8-14H,7,15-16H2,1-6H3,(H3,42,43,47). The van der Waals surface area contributed by atoms with Crippen LogP contribution in [0.2, 0.25) is 0 Å². The van der Waals surface area contributed by atoms with Crippen LogP contribution in [-0.4, -0.2) is 33.4 Å². The average molecular weight is 678 g/mol. The van der Waals surface area contributed by atoms with E-state index in [4.69, 9.17) is 15.6 Å². The third-order valence-electron chi connectivity index (χ3n) is 9.94. The van der Waals surface area contributed by atoms with Gasteiger partial charge in [0.2, 0.25) is 0 Å². The molecule has 2 atom stereocenters. The first kappa shape index (κ1) is 33.6. The summed E-state index contributed by atoms with van der Waals surface area (Å²) in [6.45, 7) is 8.39. The maximum Gasteiger partial charge on any atom is 0.416 e. The summed E-state index contributed by atoms with van der Waals surface area (Å²) in [7, 11) is 1.41. The van der Waals surface area contributed by atoms with E-state index in [0.29, 0.717) is 46.3 Å². The fourth-order valence-corrected chi connectivity index (χ4v) is 7.60. The first-order chi connectivity index (χ1) is 22.2. The van der Waals surface area contributed by atoms with Crippen LogP contribution in [0.4, 0.5) is 35.5 Å². The molecular formula is C34H34F7N5O2. The van der Waals surface area contributed by atoms with E-state index in [2.05, 4.69) is 5.32 Å². The van der Waals surface area contributed by atoms with Gasteiger partial charge in [-0.05, 0) is 63.5 Å². The molecular weight excluding hydrogens is 643 g/mol. The number of nitrogens with two attached hydrogens (primary N) is 1. The van der Waals surface area contributed by atoms with Crippen molar-refractivity contribution in [1.82, 2.24) is 20.0 Å². The molecule has 3 aliphatic rings. The van der Waals surface area contributed by atoms with Crippen molar-refractivity contribution in [2.45, 2.75) is 83.0 Å². The summed E-state index contributed by atoms with van der Waals surface area (Å²) in [4.78, 5) is 13.8. The number of nitrogens with one attached hydrogen (secondary N) is 1. The topological polar surface area (TPSA) is 85.4 Å². The number of hydrogen-bond donors (Lipinski definition) is 2. The lowest BCUT2D eigenvalue weighted by Gasteiger charge is -2.46. The number of aryl methyl sites for hydroxylation is 1. The predicted octanol–water partition coefficient (Wildman–Crippen LogP) is 7.65. The lowest BCUT2D eigenvalue weighted by atomic mass is 9.64. The minimum absolute atomic E-state index is 0.0227. The molecule has 0 bridgehead atoms. The number of nitrogens with zero attached hydrogens (tertiary/aromatic N) is 3. The van der Waals surface area contributed by atoms with Crippen molar-refractivity contribution in [2.24, 2.45) is 5.73 Å². The molecule has 1 aliphatic carbocycles. The van der Waals surface area contributed by atoms with Gasteiger partial charge in [-0.25, -0.2) is 13.9 Å². The number of carbonyl (C=O) groups excluding carboxylic acids is 1. The van der Waals surface area contributed by atoms with Crippen molar-refractivity contribution in [3.8, 4) is 5.69 Å². The Morgan fingerprint density at radius 2 is 1.73 bits per heavy atom. The highest BCUT2D eigenvalue weighted by atomic mass is 19.4. The molecule has 3 heterocycles. The lowest BCUT2D eigenvalue weighted by molar-refractivity contribution is -0.143. The van der Waals surface area contributed by atoms with Gasteiger partial charge in [-0.15, -0.1) is 0 Å². The summed E-state index contributed by atoms with van der Waals surface area (Å²) >= 11 is 0. The smallest absolute Gasteiger partial charge is 0.416 e. The van der Waals surface area contributed by atoms with Gasteiger partial charge in [-0.3, -0.25) is 4.90 Å². The Bertz CT molecular complexity index is 1920. The molecule has 2 unspecified atom stereocenters. The van der Waals surface area contributed by atoms with E-state index in [-0.39, 0.29) is 30.5 Å². The van der Waals surface area contributed by atoms with Gasteiger partial charge in [0.15, 0.2) is 0 Å². The number of rotatable bonds is 5. The van der Waals surface area contributed by atoms with Crippen LogP contribution in [0.3, 0.4) is 0 Å². The molecule has 3 N–H and O–H groups in total. The molecule has 6 rings (SSSR count). The number of halogens is 7. The van der Waals surface area contributed by atoms with Gasteiger partial charge in [-0.1, -0.05) is 31.2 Å². The molecule has 1 aromatic heterocycles. The summed E-state index contributed by atoms with van der Waals surface area (Å²) in [5.41, 5.74) is 2.48. The van der Waals surface area contributed by atoms with Crippen molar-refractivity contribution >= 4 is 11.6 Å². The van der Waals surface area contributed by atoms with Crippen LogP contribution in [0, 0.1) is 0 Å². The molecule has 2 aromatic carbocycles. The average Bonchev–Trinajstić information content (AvgIpc) is 3.47. The number of carbonyl (C=O) groups is 1. The van der Waals surface area contributed by atoms with Crippen LogP contribution in [0.1, 0.15) is 79.4 Å². The number of fused-ring (bicyclic) bond motifs is 8. The first-order valence-corrected chi connectivity index (χ1v) is 15.2. The van der Waals surface area contributed by atoms with Crippen LogP contribution in [-0.2, 0) is 47.6 Å². The number of amides is 2. The second-order valence-corrected chi connectivity index (χ2v) is 13.3. The molecule has 2 amide bonds. The second-order valence-electron chi connectivity index (χ2n) is 13.3. The summed E-state index contributed by atoms with van der Waals surface area (Å²) in [6, 6.07) is 6.31. The van der Waals surface area contributed by atoms with Crippen LogP contribution >= 0.6 is 0 Å². The number of aromatic nitrogens is 2. The van der Waals surface area contributed by atoms with Gasteiger partial charge in [0, 0.05) is 29.8 Å². The van der Waals surface area contributed by atoms with E-state index >= 15 is 4.39 Å². The third kappa shape index (κ3) is 4.73. The quantitative estimate of drug-likeness (QED) is 0.272. The van der Waals surface area contributed by atoms with Crippen molar-refractivity contribution in [3.63, 3.8) is 0 Å². The Hall–Kier alpha value is -4.33. The van der Waals surface area contributed by atoms with Crippen LogP contribution < -0.4 is 11.1 Å². The van der Waals surface area contributed by atoms with E-state index in [1.165, 1.54) is 13.2 Å². The Morgan fingerprint density at radius 3 is 2.31 bits per heavy atom. The molecule has 7 nitrogen and oxygen atoms in total. The maximum atomic E-state index is 16.9. The molecule has 0 fully saturated rings. The van der Waals surface area contributed by atoms with Gasteiger partial charge in [0.25, 0.3) is 0 Å². The summed E-state index contributed by atoms with van der Waals surface area (Å²) in [5, 5.41) is 7.60. The monoisotopic (exact) mass is 677 g/mol. The van der Waals surface area contributed by atoms with E-state index in [0.717, 1.165) is 11.6 Å². The lowest BCUT2D eigenvalue weighted by Crippen LogP contribution is -2.53. The summed E-state index contributed by atoms with van der Waals surface area (Å²) in [5.74, 6) is -0.390. The zero-order chi connectivity index (χ0) is 35.4. The molecule has 2 aliphatic heterocycles. The van der Waals surface area contributed by atoms with Crippen LogP contribution in [0.25, 0.3) is 11.3 Å². The maximum absolute atomic E-state index is 16.9. The fourth-order valence-electron chi connectivity index (χ4n) is 7.60. The minimum atomic E-state index is -5.04. The fraction of sp³-hybridized carbons (Fsp3) is 0.412. The number of allylic oxidation sites excluding steroid dienone is 2. The number of methoxy groups -OCH3 is 1. The number of hydrogen-bond acceptors (Lipinski definition) is 4. The molecule has 0 saturated heterocycles. The Balaban J connectivity index is 1.56. The molecule has 0 saturated carbocycles. The molecule has 0 radical (unpaired) electrons. The summed E-state index contributed by atoms with van der Waals surface area (Å²) < 4.78 is 107. The number of alkyl halides is 6. The van der Waals surface area contributed by atoms with Gasteiger partial charge in [0.05, 0.1) is 46.3 Å². The van der Waals surface area contributed by atoms with Gasteiger partial charge >= 0.3 is 18.4 Å². The molecule has 0 spiro atoms. The molecule has 14 heteroatoms.